The summed E-state index contributed by atoms with van der Waals surface area (Å²) in [5.41, 5.74) is 2.37. The summed E-state index contributed by atoms with van der Waals surface area (Å²) in [6.45, 7) is 0.767. The molecule has 6 rings (SSSR count). The molecule has 2 N–H and O–H groups in total. The fourth-order valence-corrected chi connectivity index (χ4v) is 6.93. The lowest BCUT2D eigenvalue weighted by Crippen LogP contribution is -2.51. The van der Waals surface area contributed by atoms with Crippen LogP contribution in [0.3, 0.4) is 0 Å². The fourth-order valence-electron chi connectivity index (χ4n) is 6.93. The molecular formula is C29H35N5O2. The van der Waals surface area contributed by atoms with Gasteiger partial charge < -0.3 is 20.1 Å². The van der Waals surface area contributed by atoms with Crippen molar-refractivity contribution < 1.29 is 9.59 Å². The zero-order chi connectivity index (χ0) is 24.6. The molecule has 2 aliphatic heterocycles. The van der Waals surface area contributed by atoms with Crippen molar-refractivity contribution in [1.29, 1.82) is 0 Å². The number of hydrogen-bond donors (Lipinski definition) is 2. The Morgan fingerprint density at radius 2 is 1.97 bits per heavy atom. The van der Waals surface area contributed by atoms with E-state index >= 15 is 0 Å². The van der Waals surface area contributed by atoms with Crippen LogP contribution in [0.25, 0.3) is 0 Å². The Kier molecular flexibility index (Phi) is 6.15. The largest absolute Gasteiger partial charge is 0.381 e. The number of nitrogens with one attached hydrogen (secondary N) is 2. The molecule has 4 aliphatic rings. The zero-order valence-electron chi connectivity index (χ0n) is 20.8. The van der Waals surface area contributed by atoms with E-state index in [9.17, 15) is 9.59 Å². The Labute approximate surface area is 212 Å². The predicted molar refractivity (Wildman–Crippen MR) is 139 cm³/mol. The van der Waals surface area contributed by atoms with Gasteiger partial charge in [-0.25, -0.2) is 4.98 Å². The number of aryl methyl sites for hydroxylation is 1. The van der Waals surface area contributed by atoms with Crippen molar-refractivity contribution in [2.24, 2.45) is 24.8 Å². The number of rotatable bonds is 4. The van der Waals surface area contributed by atoms with Gasteiger partial charge in [0.05, 0.1) is 12.0 Å². The molecule has 2 aromatic rings. The van der Waals surface area contributed by atoms with Crippen molar-refractivity contribution in [1.82, 2.24) is 19.8 Å². The summed E-state index contributed by atoms with van der Waals surface area (Å²) in [6.07, 6.45) is 17.9. The summed E-state index contributed by atoms with van der Waals surface area (Å²) in [6, 6.07) is 8.71. The average Bonchev–Trinajstić information content (AvgIpc) is 3.55. The standard InChI is InChI=1S/C29H35N5O2/c1-33-18-16-30-27(33)28(35)32-24-14-8-6-12-21(24)29(36)34-17-15-22-25(19-9-3-2-4-10-19)31-23-13-7-5-11-20(23)26(22)34/h2-5,7,9,11,13,16,18-19,21-22,24-26,31H,6,8,10,12,14-15,17H2,1H3,(H,32,35)/t19?,21-,22+,24+,25-,26-/m0/s1. The number of aromatic nitrogens is 2. The number of carbonyl (C=O) groups excluding carboxylic acids is 2. The van der Waals surface area contributed by atoms with Crippen molar-refractivity contribution in [2.45, 2.75) is 56.7 Å². The molecule has 2 fully saturated rings. The molecule has 0 bridgehead atoms. The maximum absolute atomic E-state index is 14.2. The van der Waals surface area contributed by atoms with E-state index in [-0.39, 0.29) is 29.8 Å². The lowest BCUT2D eigenvalue weighted by atomic mass is 9.75. The van der Waals surface area contributed by atoms with Gasteiger partial charge in [-0.2, -0.15) is 0 Å². The summed E-state index contributed by atoms with van der Waals surface area (Å²) in [4.78, 5) is 33.5. The van der Waals surface area contributed by atoms with Crippen LogP contribution in [-0.2, 0) is 11.8 Å². The molecule has 6 atom stereocenters. The lowest BCUT2D eigenvalue weighted by Gasteiger charge is -2.44. The van der Waals surface area contributed by atoms with E-state index in [1.807, 2.05) is 7.05 Å². The molecule has 1 aromatic carbocycles. The molecule has 36 heavy (non-hydrogen) atoms. The molecular weight excluding hydrogens is 450 g/mol. The second-order valence-electron chi connectivity index (χ2n) is 10.7. The number of nitrogens with zero attached hydrogens (tertiary/aromatic N) is 3. The lowest BCUT2D eigenvalue weighted by molar-refractivity contribution is -0.139. The molecule has 1 saturated heterocycles. The quantitative estimate of drug-likeness (QED) is 0.680. The first-order valence-electron chi connectivity index (χ1n) is 13.4. The van der Waals surface area contributed by atoms with Gasteiger partial charge in [0.2, 0.25) is 5.91 Å². The van der Waals surface area contributed by atoms with Gasteiger partial charge in [0.15, 0.2) is 5.82 Å². The highest BCUT2D eigenvalue weighted by Crippen LogP contribution is 2.49. The molecule has 3 heterocycles. The Hall–Kier alpha value is -3.35. The number of fused-ring (bicyclic) bond motifs is 3. The van der Waals surface area contributed by atoms with E-state index in [2.05, 4.69) is 69.1 Å². The number of para-hydroxylation sites is 1. The summed E-state index contributed by atoms with van der Waals surface area (Å²) < 4.78 is 1.72. The SMILES string of the molecule is Cn1ccnc1C(=O)N[C@@H]1CCCC[C@@H]1C(=O)N1CC[C@@H]2[C@H](C3C=CC=CC3)Nc3ccccc3[C@@H]21. The molecule has 1 saturated carbocycles. The normalized spacial score (nSPS) is 30.9. The highest BCUT2D eigenvalue weighted by molar-refractivity contribution is 5.91. The Morgan fingerprint density at radius 3 is 2.78 bits per heavy atom. The van der Waals surface area contributed by atoms with E-state index in [0.717, 1.165) is 50.8 Å². The van der Waals surface area contributed by atoms with Gasteiger partial charge in [-0.05, 0) is 37.3 Å². The van der Waals surface area contributed by atoms with E-state index in [0.29, 0.717) is 23.7 Å². The highest BCUT2D eigenvalue weighted by atomic mass is 16.2. The number of allylic oxidation sites excluding steroid dienone is 3. The minimum absolute atomic E-state index is 0.0760. The van der Waals surface area contributed by atoms with Gasteiger partial charge in [-0.15, -0.1) is 0 Å². The first-order chi connectivity index (χ1) is 17.6. The van der Waals surface area contributed by atoms with Gasteiger partial charge in [0, 0.05) is 55.6 Å². The monoisotopic (exact) mass is 485 g/mol. The second-order valence-corrected chi connectivity index (χ2v) is 10.7. The smallest absolute Gasteiger partial charge is 0.287 e. The third-order valence-electron chi connectivity index (χ3n) is 8.69. The van der Waals surface area contributed by atoms with Crippen molar-refractivity contribution in [3.05, 3.63) is 72.4 Å². The predicted octanol–water partition coefficient (Wildman–Crippen LogP) is 4.22. The van der Waals surface area contributed by atoms with Crippen molar-refractivity contribution in [3.63, 3.8) is 0 Å². The van der Waals surface area contributed by atoms with Crippen LogP contribution in [0.2, 0.25) is 0 Å². The number of carbonyl (C=O) groups is 2. The third kappa shape index (κ3) is 4.04. The number of hydrogen-bond acceptors (Lipinski definition) is 4. The molecule has 1 aromatic heterocycles. The molecule has 2 amide bonds. The second kappa shape index (κ2) is 9.60. The van der Waals surface area contributed by atoms with Crippen molar-refractivity contribution >= 4 is 17.5 Å². The van der Waals surface area contributed by atoms with Gasteiger partial charge in [-0.3, -0.25) is 9.59 Å². The van der Waals surface area contributed by atoms with Gasteiger partial charge in [-0.1, -0.05) is 55.3 Å². The van der Waals surface area contributed by atoms with Crippen LogP contribution in [0.5, 0.6) is 0 Å². The van der Waals surface area contributed by atoms with E-state index in [4.69, 9.17) is 0 Å². The number of anilines is 1. The number of likely N-dealkylation sites (tertiary alicyclic amines) is 1. The van der Waals surface area contributed by atoms with Crippen LogP contribution in [0, 0.1) is 17.8 Å². The van der Waals surface area contributed by atoms with Crippen LogP contribution in [-0.4, -0.2) is 44.9 Å². The number of amides is 2. The van der Waals surface area contributed by atoms with E-state index in [1.165, 1.54) is 5.56 Å². The molecule has 7 heteroatoms. The molecule has 188 valence electrons. The van der Waals surface area contributed by atoms with E-state index < -0.39 is 0 Å². The molecule has 2 aliphatic carbocycles. The topological polar surface area (TPSA) is 79.3 Å². The van der Waals surface area contributed by atoms with Crippen LogP contribution >= 0.6 is 0 Å². The summed E-state index contributed by atoms with van der Waals surface area (Å²) in [5.74, 6) is 0.981. The molecule has 0 spiro atoms. The maximum atomic E-state index is 14.2. The van der Waals surface area contributed by atoms with Gasteiger partial charge in [0.1, 0.15) is 0 Å². The van der Waals surface area contributed by atoms with Crippen molar-refractivity contribution in [3.8, 4) is 0 Å². The summed E-state index contributed by atoms with van der Waals surface area (Å²) >= 11 is 0. The Bertz CT molecular complexity index is 1200. The van der Waals surface area contributed by atoms with Crippen LogP contribution in [0.1, 0.15) is 60.7 Å². The molecule has 0 radical (unpaired) electrons. The zero-order valence-corrected chi connectivity index (χ0v) is 20.8. The van der Waals surface area contributed by atoms with Crippen LogP contribution in [0.15, 0.2) is 61.0 Å². The minimum atomic E-state index is -0.198. The molecule has 7 nitrogen and oxygen atoms in total. The number of imidazole rings is 1. The first kappa shape index (κ1) is 23.1. The maximum Gasteiger partial charge on any atom is 0.287 e. The number of benzene rings is 1. The van der Waals surface area contributed by atoms with Gasteiger partial charge in [0.25, 0.3) is 5.91 Å². The molecule has 1 unspecified atom stereocenters. The van der Waals surface area contributed by atoms with Crippen LogP contribution < -0.4 is 10.6 Å². The van der Waals surface area contributed by atoms with Crippen LogP contribution in [0.4, 0.5) is 5.69 Å². The average molecular weight is 486 g/mol. The Morgan fingerprint density at radius 1 is 1.11 bits per heavy atom. The van der Waals surface area contributed by atoms with Gasteiger partial charge >= 0.3 is 0 Å². The fraction of sp³-hybridized carbons (Fsp3) is 0.483. The Balaban J connectivity index is 1.26. The first-order valence-corrected chi connectivity index (χ1v) is 13.4. The highest BCUT2D eigenvalue weighted by Gasteiger charge is 2.49. The summed E-state index contributed by atoms with van der Waals surface area (Å²) in [5, 5.41) is 7.01. The minimum Gasteiger partial charge on any atom is -0.381 e. The summed E-state index contributed by atoms with van der Waals surface area (Å²) in [7, 11) is 1.82. The van der Waals surface area contributed by atoms with E-state index in [1.54, 1.807) is 17.0 Å². The third-order valence-corrected chi connectivity index (χ3v) is 8.69. The van der Waals surface area contributed by atoms with Crippen molar-refractivity contribution in [2.75, 3.05) is 11.9 Å².